The summed E-state index contributed by atoms with van der Waals surface area (Å²) in [5.74, 6) is 5.63. The van der Waals surface area contributed by atoms with Crippen LogP contribution in [0, 0.1) is 46.8 Å². The van der Waals surface area contributed by atoms with E-state index in [1.807, 2.05) is 0 Å². The van der Waals surface area contributed by atoms with Gasteiger partial charge in [0.15, 0.2) is 0 Å². The molecule has 5 fully saturated rings. The molecule has 5 rings (SSSR count). The van der Waals surface area contributed by atoms with E-state index in [2.05, 4.69) is 22.9 Å². The molecular weight excluding hydrogens is 364 g/mol. The standard InChI is InChI=1S/C21H31BrO2/c1-20-8-6-12-13-7-9-21(24)10-18(21)15(13)3-2-14(12)16(20)4-5-17(20)19(23)11-22/h12-18,24H,2-11H2,1H3. The quantitative estimate of drug-likeness (QED) is 0.695. The number of fused-ring (bicyclic) bond motifs is 7. The van der Waals surface area contributed by atoms with Crippen LogP contribution >= 0.6 is 15.9 Å². The van der Waals surface area contributed by atoms with Crippen molar-refractivity contribution in [3.8, 4) is 0 Å². The molecule has 0 radical (unpaired) electrons. The Morgan fingerprint density at radius 1 is 0.958 bits per heavy atom. The summed E-state index contributed by atoms with van der Waals surface area (Å²) in [5.41, 5.74) is 0.0196. The van der Waals surface area contributed by atoms with Gasteiger partial charge in [0, 0.05) is 5.92 Å². The van der Waals surface area contributed by atoms with Crippen LogP contribution in [0.15, 0.2) is 0 Å². The van der Waals surface area contributed by atoms with E-state index in [0.717, 1.165) is 48.9 Å². The highest BCUT2D eigenvalue weighted by Crippen LogP contribution is 2.68. The summed E-state index contributed by atoms with van der Waals surface area (Å²) in [6.45, 7) is 2.44. The van der Waals surface area contributed by atoms with Crippen LogP contribution < -0.4 is 0 Å². The summed E-state index contributed by atoms with van der Waals surface area (Å²) in [6, 6.07) is 0. The number of carbonyl (C=O) groups excluding carboxylic acids is 1. The molecule has 0 heterocycles. The van der Waals surface area contributed by atoms with Crippen LogP contribution in [0.1, 0.15) is 64.7 Å². The van der Waals surface area contributed by atoms with Gasteiger partial charge >= 0.3 is 0 Å². The smallest absolute Gasteiger partial charge is 0.147 e. The van der Waals surface area contributed by atoms with Gasteiger partial charge in [0.05, 0.1) is 10.9 Å². The summed E-state index contributed by atoms with van der Waals surface area (Å²) < 4.78 is 0. The maximum absolute atomic E-state index is 12.5. The SMILES string of the molecule is CC12CCC3C4CCC5(O)CC5C4CCC3C1CCC2C(=O)CBr. The molecule has 5 aliphatic carbocycles. The Balaban J connectivity index is 1.39. The lowest BCUT2D eigenvalue weighted by Gasteiger charge is -2.56. The number of aliphatic hydroxyl groups is 1. The normalized spacial score (nSPS) is 58.2. The van der Waals surface area contributed by atoms with Gasteiger partial charge in [0.1, 0.15) is 5.78 Å². The zero-order valence-electron chi connectivity index (χ0n) is 14.8. The van der Waals surface area contributed by atoms with E-state index in [-0.39, 0.29) is 11.0 Å². The molecule has 1 N–H and O–H groups in total. The van der Waals surface area contributed by atoms with Gasteiger partial charge in [-0.2, -0.15) is 0 Å². The third kappa shape index (κ3) is 2.06. The maximum atomic E-state index is 12.5. The third-order valence-electron chi connectivity index (χ3n) is 9.48. The molecular formula is C21H31BrO2. The van der Waals surface area contributed by atoms with Crippen LogP contribution in [0.4, 0.5) is 0 Å². The third-order valence-corrected chi connectivity index (χ3v) is 10.0. The molecule has 9 unspecified atom stereocenters. The monoisotopic (exact) mass is 394 g/mol. The average Bonchev–Trinajstić information content (AvgIpc) is 3.15. The minimum absolute atomic E-state index is 0.252. The lowest BCUT2D eigenvalue weighted by molar-refractivity contribution is -0.128. The zero-order valence-corrected chi connectivity index (χ0v) is 16.4. The van der Waals surface area contributed by atoms with E-state index >= 15 is 0 Å². The molecule has 0 aromatic heterocycles. The van der Waals surface area contributed by atoms with E-state index in [1.165, 1.54) is 38.5 Å². The second kappa shape index (κ2) is 5.31. The summed E-state index contributed by atoms with van der Waals surface area (Å²) >= 11 is 3.42. The second-order valence-electron chi connectivity index (χ2n) is 10.1. The van der Waals surface area contributed by atoms with Crippen LogP contribution in [0.5, 0.6) is 0 Å². The molecule has 9 atom stereocenters. The second-order valence-corrected chi connectivity index (χ2v) is 10.6. The van der Waals surface area contributed by atoms with E-state index in [0.29, 0.717) is 22.9 Å². The van der Waals surface area contributed by atoms with Crippen molar-refractivity contribution in [3.63, 3.8) is 0 Å². The summed E-state index contributed by atoms with van der Waals surface area (Å²) in [6.07, 6.45) is 11.2. The molecule has 2 nitrogen and oxygen atoms in total. The number of ketones is 1. The van der Waals surface area contributed by atoms with E-state index in [1.54, 1.807) is 0 Å². The molecule has 0 aliphatic heterocycles. The van der Waals surface area contributed by atoms with Crippen LogP contribution in [0.2, 0.25) is 0 Å². The highest BCUT2D eigenvalue weighted by Gasteiger charge is 2.65. The first-order valence-electron chi connectivity index (χ1n) is 10.3. The number of hydrogen-bond donors (Lipinski definition) is 1. The Bertz CT molecular complexity index is 562. The van der Waals surface area contributed by atoms with Gasteiger partial charge in [-0.1, -0.05) is 22.9 Å². The molecule has 5 saturated carbocycles. The largest absolute Gasteiger partial charge is 0.390 e. The lowest BCUT2D eigenvalue weighted by atomic mass is 9.49. The van der Waals surface area contributed by atoms with Gasteiger partial charge in [-0.3, -0.25) is 4.79 Å². The fourth-order valence-corrected chi connectivity index (χ4v) is 8.70. The van der Waals surface area contributed by atoms with Gasteiger partial charge in [-0.15, -0.1) is 0 Å². The molecule has 5 aliphatic rings. The Hall–Kier alpha value is 0.110. The van der Waals surface area contributed by atoms with Crippen molar-refractivity contribution in [2.45, 2.75) is 70.3 Å². The van der Waals surface area contributed by atoms with Crippen LogP contribution in [-0.2, 0) is 4.79 Å². The van der Waals surface area contributed by atoms with E-state index < -0.39 is 0 Å². The Morgan fingerprint density at radius 2 is 1.62 bits per heavy atom. The van der Waals surface area contributed by atoms with Gasteiger partial charge < -0.3 is 5.11 Å². The number of rotatable bonds is 2. The molecule has 3 heteroatoms. The molecule has 0 bridgehead atoms. The van der Waals surface area contributed by atoms with Gasteiger partial charge in [-0.25, -0.2) is 0 Å². The number of alkyl halides is 1. The molecule has 0 amide bonds. The van der Waals surface area contributed by atoms with Crippen molar-refractivity contribution < 1.29 is 9.90 Å². The van der Waals surface area contributed by atoms with Crippen molar-refractivity contribution in [1.82, 2.24) is 0 Å². The fourth-order valence-electron chi connectivity index (χ4n) is 8.31. The van der Waals surface area contributed by atoms with Gasteiger partial charge in [0.25, 0.3) is 0 Å². The highest BCUT2D eigenvalue weighted by atomic mass is 79.9. The van der Waals surface area contributed by atoms with Crippen LogP contribution in [0.3, 0.4) is 0 Å². The molecule has 0 spiro atoms. The minimum Gasteiger partial charge on any atom is -0.390 e. The molecule has 0 saturated heterocycles. The molecule has 0 aromatic carbocycles. The summed E-state index contributed by atoms with van der Waals surface area (Å²) in [5, 5.41) is 11.1. The minimum atomic E-state index is -0.252. The number of hydrogen-bond acceptors (Lipinski definition) is 2. The number of Topliss-reactive ketones (excluding diaryl/α,β-unsaturated/α-hetero) is 1. The van der Waals surface area contributed by atoms with E-state index in [4.69, 9.17) is 0 Å². The first kappa shape index (κ1) is 16.3. The molecule has 0 aromatic rings. The van der Waals surface area contributed by atoms with Crippen LogP contribution in [-0.4, -0.2) is 21.8 Å². The van der Waals surface area contributed by atoms with Gasteiger partial charge in [0.2, 0.25) is 0 Å². The summed E-state index contributed by atoms with van der Waals surface area (Å²) in [7, 11) is 0. The Labute approximate surface area is 154 Å². The average molecular weight is 395 g/mol. The van der Waals surface area contributed by atoms with E-state index in [9.17, 15) is 9.90 Å². The van der Waals surface area contributed by atoms with Crippen molar-refractivity contribution in [3.05, 3.63) is 0 Å². The lowest BCUT2D eigenvalue weighted by Crippen LogP contribution is -2.50. The number of carbonyl (C=O) groups is 1. The number of halogens is 1. The molecule has 134 valence electrons. The zero-order chi connectivity index (χ0) is 16.7. The first-order valence-corrected chi connectivity index (χ1v) is 11.4. The predicted molar refractivity (Wildman–Crippen MR) is 97.8 cm³/mol. The highest BCUT2D eigenvalue weighted by molar-refractivity contribution is 9.09. The summed E-state index contributed by atoms with van der Waals surface area (Å²) in [4.78, 5) is 12.5. The van der Waals surface area contributed by atoms with Crippen molar-refractivity contribution in [2.75, 3.05) is 5.33 Å². The topological polar surface area (TPSA) is 37.3 Å². The van der Waals surface area contributed by atoms with Crippen LogP contribution in [0.25, 0.3) is 0 Å². The van der Waals surface area contributed by atoms with Crippen molar-refractivity contribution in [2.24, 2.45) is 46.8 Å². The van der Waals surface area contributed by atoms with Crippen molar-refractivity contribution in [1.29, 1.82) is 0 Å². The Morgan fingerprint density at radius 3 is 2.33 bits per heavy atom. The Kier molecular flexibility index (Phi) is 3.61. The molecule has 24 heavy (non-hydrogen) atoms. The predicted octanol–water partition coefficient (Wildman–Crippen LogP) is 4.58. The van der Waals surface area contributed by atoms with Gasteiger partial charge in [-0.05, 0) is 98.7 Å². The first-order chi connectivity index (χ1) is 11.5. The maximum Gasteiger partial charge on any atom is 0.147 e. The van der Waals surface area contributed by atoms with Crippen molar-refractivity contribution >= 4 is 21.7 Å². The fraction of sp³-hybridized carbons (Fsp3) is 0.952.